The molecule has 0 fully saturated rings. The molecule has 0 aromatic carbocycles. The third-order valence-electron chi connectivity index (χ3n) is 1.38. The molecule has 1 aromatic rings. The standard InChI is InChI=1S/C7H2ClF2I2NO/c8-5(14)2-1-3(11)7(12)13-4(2)6(9)10/h1,6H. The molecule has 0 aliphatic rings. The Morgan fingerprint density at radius 3 is 2.50 bits per heavy atom. The number of pyridine rings is 1. The zero-order chi connectivity index (χ0) is 10.9. The quantitative estimate of drug-likeness (QED) is 0.397. The Morgan fingerprint density at radius 1 is 1.50 bits per heavy atom. The van der Waals surface area contributed by atoms with Gasteiger partial charge in [-0.15, -0.1) is 0 Å². The van der Waals surface area contributed by atoms with Crippen molar-refractivity contribution in [3.05, 3.63) is 24.6 Å². The minimum absolute atomic E-state index is 0.230. The van der Waals surface area contributed by atoms with Gasteiger partial charge in [0, 0.05) is 3.57 Å². The maximum Gasteiger partial charge on any atom is 0.281 e. The van der Waals surface area contributed by atoms with Crippen LogP contribution in [0, 0.1) is 7.27 Å². The van der Waals surface area contributed by atoms with Crippen LogP contribution < -0.4 is 0 Å². The summed E-state index contributed by atoms with van der Waals surface area (Å²) >= 11 is 8.87. The van der Waals surface area contributed by atoms with Crippen LogP contribution in [0.15, 0.2) is 6.07 Å². The van der Waals surface area contributed by atoms with Crippen molar-refractivity contribution in [2.45, 2.75) is 6.43 Å². The minimum Gasteiger partial charge on any atom is -0.276 e. The molecule has 2 nitrogen and oxygen atoms in total. The second-order valence-electron chi connectivity index (χ2n) is 2.27. The lowest BCUT2D eigenvalue weighted by Crippen LogP contribution is -2.04. The van der Waals surface area contributed by atoms with Crippen LogP contribution in [0.2, 0.25) is 0 Å². The average molecular weight is 443 g/mol. The zero-order valence-electron chi connectivity index (χ0n) is 6.40. The molecule has 1 heterocycles. The molecule has 0 bridgehead atoms. The molecule has 76 valence electrons. The van der Waals surface area contributed by atoms with Gasteiger partial charge in [0.2, 0.25) is 0 Å². The van der Waals surface area contributed by atoms with E-state index in [2.05, 4.69) is 4.98 Å². The predicted molar refractivity (Wildman–Crippen MR) is 64.8 cm³/mol. The Hall–Kier alpha value is 0.430. The molecule has 1 aromatic heterocycles. The van der Waals surface area contributed by atoms with Crippen LogP contribution >= 0.6 is 56.8 Å². The first-order valence-electron chi connectivity index (χ1n) is 3.27. The highest BCUT2D eigenvalue weighted by Gasteiger charge is 2.20. The van der Waals surface area contributed by atoms with E-state index in [9.17, 15) is 13.6 Å². The summed E-state index contributed by atoms with van der Waals surface area (Å²) in [7, 11) is 0. The third-order valence-corrected chi connectivity index (χ3v) is 4.26. The van der Waals surface area contributed by atoms with Gasteiger partial charge in [0.25, 0.3) is 11.7 Å². The van der Waals surface area contributed by atoms with Crippen LogP contribution in [-0.2, 0) is 0 Å². The third kappa shape index (κ3) is 2.72. The predicted octanol–water partition coefficient (Wildman–Crippen LogP) is 3.61. The number of halogens is 5. The Kier molecular flexibility index (Phi) is 4.44. The fourth-order valence-corrected chi connectivity index (χ4v) is 1.80. The molecular weight excluding hydrogens is 441 g/mol. The van der Waals surface area contributed by atoms with Gasteiger partial charge in [-0.2, -0.15) is 0 Å². The summed E-state index contributed by atoms with van der Waals surface area (Å²) in [5.74, 6) is 0. The van der Waals surface area contributed by atoms with Gasteiger partial charge in [-0.3, -0.25) is 4.79 Å². The normalized spacial score (nSPS) is 10.7. The molecule has 0 amide bonds. The van der Waals surface area contributed by atoms with Crippen LogP contribution in [0.3, 0.4) is 0 Å². The van der Waals surface area contributed by atoms with Crippen LogP contribution in [-0.4, -0.2) is 10.2 Å². The molecular formula is C7H2ClF2I2NO. The molecule has 14 heavy (non-hydrogen) atoms. The monoisotopic (exact) mass is 443 g/mol. The number of nitrogens with zero attached hydrogens (tertiary/aromatic N) is 1. The molecule has 0 saturated heterocycles. The van der Waals surface area contributed by atoms with Crippen LogP contribution in [0.5, 0.6) is 0 Å². The van der Waals surface area contributed by atoms with Crippen molar-refractivity contribution in [2.24, 2.45) is 0 Å². The molecule has 0 aliphatic carbocycles. The van der Waals surface area contributed by atoms with Gasteiger partial charge >= 0.3 is 0 Å². The van der Waals surface area contributed by atoms with Crippen molar-refractivity contribution >= 4 is 62.0 Å². The van der Waals surface area contributed by atoms with Crippen LogP contribution in [0.4, 0.5) is 8.78 Å². The number of hydrogen-bond donors (Lipinski definition) is 0. The van der Waals surface area contributed by atoms with Crippen molar-refractivity contribution in [3.8, 4) is 0 Å². The first-order valence-corrected chi connectivity index (χ1v) is 5.81. The minimum atomic E-state index is -2.79. The summed E-state index contributed by atoms with van der Waals surface area (Å²) in [6, 6.07) is 1.31. The van der Waals surface area contributed by atoms with E-state index in [0.717, 1.165) is 0 Å². The molecule has 0 atom stereocenters. The number of hydrogen-bond acceptors (Lipinski definition) is 2. The molecule has 0 spiro atoms. The summed E-state index contributed by atoms with van der Waals surface area (Å²) < 4.78 is 25.9. The van der Waals surface area contributed by atoms with E-state index in [1.165, 1.54) is 6.07 Å². The van der Waals surface area contributed by atoms with E-state index in [4.69, 9.17) is 11.6 Å². The van der Waals surface area contributed by atoms with Gasteiger partial charge in [0.05, 0.1) is 5.56 Å². The van der Waals surface area contributed by atoms with Crippen molar-refractivity contribution < 1.29 is 13.6 Å². The van der Waals surface area contributed by atoms with Gasteiger partial charge in [-0.25, -0.2) is 13.8 Å². The van der Waals surface area contributed by atoms with E-state index in [-0.39, 0.29) is 5.56 Å². The van der Waals surface area contributed by atoms with Gasteiger partial charge in [0.15, 0.2) is 0 Å². The SMILES string of the molecule is O=C(Cl)c1cc(I)c(I)nc1C(F)F. The summed E-state index contributed by atoms with van der Waals surface area (Å²) in [6.07, 6.45) is -2.79. The van der Waals surface area contributed by atoms with Crippen LogP contribution in [0.1, 0.15) is 22.5 Å². The summed E-state index contributed by atoms with van der Waals surface area (Å²) in [5.41, 5.74) is -0.790. The number of rotatable bonds is 2. The van der Waals surface area contributed by atoms with E-state index in [1.807, 2.05) is 45.2 Å². The summed E-state index contributed by atoms with van der Waals surface area (Å²) in [6.45, 7) is 0. The summed E-state index contributed by atoms with van der Waals surface area (Å²) in [5, 5.41) is -0.915. The molecule has 0 unspecified atom stereocenters. The van der Waals surface area contributed by atoms with Gasteiger partial charge in [-0.05, 0) is 62.8 Å². The first kappa shape index (κ1) is 12.5. The van der Waals surface area contributed by atoms with E-state index in [1.54, 1.807) is 0 Å². The second kappa shape index (κ2) is 4.97. The van der Waals surface area contributed by atoms with Gasteiger partial charge in [-0.1, -0.05) is 0 Å². The Labute approximate surface area is 111 Å². The van der Waals surface area contributed by atoms with Gasteiger partial charge in [0.1, 0.15) is 9.39 Å². The van der Waals surface area contributed by atoms with Crippen molar-refractivity contribution in [1.29, 1.82) is 0 Å². The highest BCUT2D eigenvalue weighted by atomic mass is 127. The fourth-order valence-electron chi connectivity index (χ4n) is 0.803. The first-order chi connectivity index (χ1) is 6.43. The van der Waals surface area contributed by atoms with E-state index < -0.39 is 17.4 Å². The molecule has 0 N–H and O–H groups in total. The lowest BCUT2D eigenvalue weighted by atomic mass is 10.2. The molecule has 7 heteroatoms. The second-order valence-corrected chi connectivity index (χ2v) is 4.80. The maximum absolute atomic E-state index is 12.4. The number of aromatic nitrogens is 1. The van der Waals surface area contributed by atoms with Crippen molar-refractivity contribution in [3.63, 3.8) is 0 Å². The average Bonchev–Trinajstić information content (AvgIpc) is 2.08. The topological polar surface area (TPSA) is 30.0 Å². The fraction of sp³-hybridized carbons (Fsp3) is 0.143. The van der Waals surface area contributed by atoms with Gasteiger partial charge < -0.3 is 0 Å². The smallest absolute Gasteiger partial charge is 0.276 e. The van der Waals surface area contributed by atoms with Crippen molar-refractivity contribution in [2.75, 3.05) is 0 Å². The van der Waals surface area contributed by atoms with Crippen molar-refractivity contribution in [1.82, 2.24) is 4.98 Å². The number of carbonyl (C=O) groups excluding carboxylic acids is 1. The van der Waals surface area contributed by atoms with E-state index >= 15 is 0 Å². The lowest BCUT2D eigenvalue weighted by Gasteiger charge is -2.05. The summed E-state index contributed by atoms with van der Waals surface area (Å²) in [4.78, 5) is 14.4. The van der Waals surface area contributed by atoms with E-state index in [0.29, 0.717) is 7.27 Å². The Morgan fingerprint density at radius 2 is 2.07 bits per heavy atom. The zero-order valence-corrected chi connectivity index (χ0v) is 11.5. The molecule has 1 rings (SSSR count). The lowest BCUT2D eigenvalue weighted by molar-refractivity contribution is 0.106. The highest BCUT2D eigenvalue weighted by molar-refractivity contribution is 14.1. The highest BCUT2D eigenvalue weighted by Crippen LogP contribution is 2.26. The largest absolute Gasteiger partial charge is 0.281 e. The Bertz CT molecular complexity index is 386. The molecule has 0 aliphatic heterocycles. The maximum atomic E-state index is 12.4. The number of carbonyl (C=O) groups is 1. The number of alkyl halides is 2. The molecule has 0 radical (unpaired) electrons. The molecule has 0 saturated carbocycles. The Balaban J connectivity index is 3.39. The van der Waals surface area contributed by atoms with Crippen LogP contribution in [0.25, 0.3) is 0 Å².